The summed E-state index contributed by atoms with van der Waals surface area (Å²) in [5.74, 6) is 1.58. The number of imidazole rings is 1. The number of carbonyl (C=O) groups excluding carboxylic acids is 1. The Morgan fingerprint density at radius 3 is 3.00 bits per heavy atom. The Labute approximate surface area is 122 Å². The van der Waals surface area contributed by atoms with Gasteiger partial charge in [-0.3, -0.25) is 4.79 Å². The molecule has 4 nitrogen and oxygen atoms in total. The highest BCUT2D eigenvalue weighted by atomic mass is 32.2. The molecule has 0 bridgehead atoms. The molecule has 3 rings (SSSR count). The number of rotatable bonds is 4. The maximum absolute atomic E-state index is 12.4. The third-order valence-corrected chi connectivity index (χ3v) is 4.51. The van der Waals surface area contributed by atoms with Crippen LogP contribution in [0.4, 0.5) is 0 Å². The smallest absolute Gasteiger partial charge is 0.233 e. The lowest BCUT2D eigenvalue weighted by Gasteiger charge is -2.23. The minimum Gasteiger partial charge on any atom is -0.347 e. The van der Waals surface area contributed by atoms with Crippen molar-refractivity contribution in [2.45, 2.75) is 23.8 Å². The average molecular weight is 287 g/mol. The summed E-state index contributed by atoms with van der Waals surface area (Å²) < 4.78 is 0. The lowest BCUT2D eigenvalue weighted by atomic mass is 10.2. The van der Waals surface area contributed by atoms with Gasteiger partial charge in [0.05, 0.1) is 11.8 Å². The molecule has 20 heavy (non-hydrogen) atoms. The van der Waals surface area contributed by atoms with Gasteiger partial charge in [-0.2, -0.15) is 0 Å². The molecular weight excluding hydrogens is 270 g/mol. The number of aromatic nitrogens is 2. The van der Waals surface area contributed by atoms with Crippen LogP contribution in [0.1, 0.15) is 24.7 Å². The number of hydrogen-bond donors (Lipinski definition) is 1. The first-order valence-corrected chi connectivity index (χ1v) is 7.80. The first kappa shape index (κ1) is 13.2. The molecule has 1 saturated heterocycles. The normalized spacial score (nSPS) is 18.4. The van der Waals surface area contributed by atoms with Crippen molar-refractivity contribution in [2.75, 3.05) is 12.3 Å². The fourth-order valence-corrected chi connectivity index (χ4v) is 3.36. The van der Waals surface area contributed by atoms with E-state index in [0.717, 1.165) is 30.1 Å². The average Bonchev–Trinajstić information content (AvgIpc) is 3.15. The van der Waals surface area contributed by atoms with E-state index in [4.69, 9.17) is 0 Å². The van der Waals surface area contributed by atoms with E-state index in [2.05, 4.69) is 9.97 Å². The fourth-order valence-electron chi connectivity index (χ4n) is 2.55. The highest BCUT2D eigenvalue weighted by Crippen LogP contribution is 2.30. The van der Waals surface area contributed by atoms with Crippen LogP contribution in [0.5, 0.6) is 0 Å². The zero-order valence-electron chi connectivity index (χ0n) is 11.2. The van der Waals surface area contributed by atoms with Crippen LogP contribution in [0.25, 0.3) is 0 Å². The van der Waals surface area contributed by atoms with Gasteiger partial charge in [0.1, 0.15) is 5.82 Å². The number of benzene rings is 1. The van der Waals surface area contributed by atoms with Gasteiger partial charge in [-0.05, 0) is 25.0 Å². The number of nitrogens with zero attached hydrogens (tertiary/aromatic N) is 2. The highest BCUT2D eigenvalue weighted by molar-refractivity contribution is 8.00. The molecule has 0 unspecified atom stereocenters. The highest BCUT2D eigenvalue weighted by Gasteiger charge is 2.31. The number of carbonyl (C=O) groups is 1. The van der Waals surface area contributed by atoms with Gasteiger partial charge < -0.3 is 9.88 Å². The summed E-state index contributed by atoms with van der Waals surface area (Å²) in [6.45, 7) is 0.833. The van der Waals surface area contributed by atoms with E-state index in [1.54, 1.807) is 18.0 Å². The molecule has 1 aromatic carbocycles. The molecule has 1 aliphatic heterocycles. The molecule has 104 valence electrons. The predicted molar refractivity (Wildman–Crippen MR) is 79.4 cm³/mol. The molecule has 1 N–H and O–H groups in total. The summed E-state index contributed by atoms with van der Waals surface area (Å²) in [6, 6.07) is 10.2. The molecule has 1 fully saturated rings. The standard InChI is InChI=1S/C15H17N3OS/c19-14(11-20-12-5-2-1-3-6-12)18-10-4-7-13(18)15-16-8-9-17-15/h1-3,5-6,8-9,13H,4,7,10-11H2,(H,16,17)/t13-/m1/s1. The van der Waals surface area contributed by atoms with Crippen molar-refractivity contribution in [3.63, 3.8) is 0 Å². The van der Waals surface area contributed by atoms with Crippen molar-refractivity contribution in [3.8, 4) is 0 Å². The maximum atomic E-state index is 12.4. The van der Waals surface area contributed by atoms with Crippen molar-refractivity contribution in [2.24, 2.45) is 0 Å². The summed E-state index contributed by atoms with van der Waals surface area (Å²) in [7, 11) is 0. The number of thioether (sulfide) groups is 1. The Kier molecular flexibility index (Phi) is 4.06. The third-order valence-electron chi connectivity index (χ3n) is 3.51. The number of aromatic amines is 1. The molecule has 1 aliphatic rings. The van der Waals surface area contributed by atoms with Gasteiger partial charge >= 0.3 is 0 Å². The minimum atomic E-state index is 0.119. The van der Waals surface area contributed by atoms with Gasteiger partial charge in [-0.1, -0.05) is 18.2 Å². The molecule has 0 radical (unpaired) electrons. The predicted octanol–water partition coefficient (Wildman–Crippen LogP) is 2.87. The zero-order valence-corrected chi connectivity index (χ0v) is 12.0. The topological polar surface area (TPSA) is 49.0 Å². The maximum Gasteiger partial charge on any atom is 0.233 e. The molecule has 1 aromatic heterocycles. The molecule has 5 heteroatoms. The van der Waals surface area contributed by atoms with E-state index >= 15 is 0 Å². The van der Waals surface area contributed by atoms with Gasteiger partial charge in [0, 0.05) is 23.8 Å². The number of hydrogen-bond acceptors (Lipinski definition) is 3. The molecule has 2 aromatic rings. The molecule has 1 atom stereocenters. The molecule has 2 heterocycles. The fraction of sp³-hybridized carbons (Fsp3) is 0.333. The molecule has 0 spiro atoms. The van der Waals surface area contributed by atoms with E-state index in [1.807, 2.05) is 41.4 Å². The van der Waals surface area contributed by atoms with Crippen LogP contribution in [0, 0.1) is 0 Å². The first-order chi connectivity index (χ1) is 9.84. The second kappa shape index (κ2) is 6.13. The van der Waals surface area contributed by atoms with Crippen LogP contribution in [0.15, 0.2) is 47.6 Å². The van der Waals surface area contributed by atoms with Crippen LogP contribution < -0.4 is 0 Å². The van der Waals surface area contributed by atoms with E-state index in [-0.39, 0.29) is 11.9 Å². The molecular formula is C15H17N3OS. The number of likely N-dealkylation sites (tertiary alicyclic amines) is 1. The van der Waals surface area contributed by atoms with Crippen LogP contribution in [0.3, 0.4) is 0 Å². The summed E-state index contributed by atoms with van der Waals surface area (Å²) in [4.78, 5) is 22.9. The third kappa shape index (κ3) is 2.88. The quantitative estimate of drug-likeness (QED) is 0.880. The second-order valence-electron chi connectivity index (χ2n) is 4.82. The largest absolute Gasteiger partial charge is 0.347 e. The van der Waals surface area contributed by atoms with Crippen LogP contribution in [-0.2, 0) is 4.79 Å². The summed E-state index contributed by atoms with van der Waals surface area (Å²) >= 11 is 1.59. The van der Waals surface area contributed by atoms with Crippen molar-refractivity contribution >= 4 is 17.7 Å². The Morgan fingerprint density at radius 2 is 2.25 bits per heavy atom. The minimum absolute atomic E-state index is 0.119. The zero-order chi connectivity index (χ0) is 13.8. The summed E-state index contributed by atoms with van der Waals surface area (Å²) in [5, 5.41) is 0. The Hall–Kier alpha value is -1.75. The van der Waals surface area contributed by atoms with E-state index in [1.165, 1.54) is 0 Å². The van der Waals surface area contributed by atoms with E-state index < -0.39 is 0 Å². The molecule has 0 saturated carbocycles. The number of amides is 1. The Balaban J connectivity index is 1.62. The molecule has 1 amide bonds. The first-order valence-electron chi connectivity index (χ1n) is 6.81. The lowest BCUT2D eigenvalue weighted by Crippen LogP contribution is -2.32. The van der Waals surface area contributed by atoms with Gasteiger partial charge in [0.15, 0.2) is 0 Å². The van der Waals surface area contributed by atoms with Gasteiger partial charge in [-0.25, -0.2) is 4.98 Å². The molecule has 0 aliphatic carbocycles. The van der Waals surface area contributed by atoms with E-state index in [9.17, 15) is 4.79 Å². The summed E-state index contributed by atoms with van der Waals surface area (Å²) in [6.07, 6.45) is 5.60. The lowest BCUT2D eigenvalue weighted by molar-refractivity contribution is -0.129. The number of nitrogens with one attached hydrogen (secondary N) is 1. The van der Waals surface area contributed by atoms with Crippen molar-refractivity contribution < 1.29 is 4.79 Å². The van der Waals surface area contributed by atoms with Gasteiger partial charge in [-0.15, -0.1) is 11.8 Å². The van der Waals surface area contributed by atoms with Crippen molar-refractivity contribution in [1.82, 2.24) is 14.9 Å². The van der Waals surface area contributed by atoms with Crippen molar-refractivity contribution in [1.29, 1.82) is 0 Å². The number of H-pyrrole nitrogens is 1. The van der Waals surface area contributed by atoms with Gasteiger partial charge in [0.2, 0.25) is 5.91 Å². The van der Waals surface area contributed by atoms with Crippen LogP contribution in [0.2, 0.25) is 0 Å². The Morgan fingerprint density at radius 1 is 1.40 bits per heavy atom. The van der Waals surface area contributed by atoms with E-state index in [0.29, 0.717) is 5.75 Å². The second-order valence-corrected chi connectivity index (χ2v) is 5.87. The SMILES string of the molecule is O=C(CSc1ccccc1)N1CCC[C@@H]1c1ncc[nH]1. The van der Waals surface area contributed by atoms with Crippen LogP contribution in [-0.4, -0.2) is 33.1 Å². The van der Waals surface area contributed by atoms with Gasteiger partial charge in [0.25, 0.3) is 0 Å². The van der Waals surface area contributed by atoms with Crippen molar-refractivity contribution in [3.05, 3.63) is 48.5 Å². The Bertz CT molecular complexity index is 556. The van der Waals surface area contributed by atoms with Crippen LogP contribution >= 0.6 is 11.8 Å². The monoisotopic (exact) mass is 287 g/mol. The summed E-state index contributed by atoms with van der Waals surface area (Å²) in [5.41, 5.74) is 0.